The quantitative estimate of drug-likeness (QED) is 0.918. The number of carboxylic acid groups (broad SMARTS) is 1. The minimum absolute atomic E-state index is 0.144. The number of rotatable bonds is 4. The van der Waals surface area contributed by atoms with Crippen molar-refractivity contribution in [1.82, 2.24) is 4.90 Å². The Labute approximate surface area is 144 Å². The fraction of sp³-hybridized carbons (Fsp3) is 0.263. The second-order valence-electron chi connectivity index (χ2n) is 6.21. The number of aliphatic carboxylic acids is 1. The van der Waals surface area contributed by atoms with Crippen LogP contribution >= 0.6 is 0 Å². The van der Waals surface area contributed by atoms with Gasteiger partial charge in [-0.25, -0.2) is 4.79 Å². The van der Waals surface area contributed by atoms with Crippen LogP contribution in [0.5, 0.6) is 0 Å². The van der Waals surface area contributed by atoms with Crippen LogP contribution in [-0.4, -0.2) is 40.6 Å². The molecule has 4 rings (SSSR count). The Hall–Kier alpha value is -2.70. The molecule has 2 aliphatic heterocycles. The molecule has 0 saturated carbocycles. The van der Waals surface area contributed by atoms with Gasteiger partial charge in [0, 0.05) is 12.1 Å². The second-order valence-corrected chi connectivity index (χ2v) is 6.21. The molecule has 2 aliphatic rings. The van der Waals surface area contributed by atoms with Crippen molar-refractivity contribution in [3.8, 4) is 0 Å². The topological polar surface area (TPSA) is 76.1 Å². The summed E-state index contributed by atoms with van der Waals surface area (Å²) in [5.41, 5.74) is 1.67. The lowest BCUT2D eigenvalue weighted by molar-refractivity contribution is -0.219. The minimum Gasteiger partial charge on any atom is -0.479 e. The average molecular weight is 339 g/mol. The Bertz CT molecular complexity index is 794. The first-order valence-corrected chi connectivity index (χ1v) is 8.06. The van der Waals surface area contributed by atoms with E-state index in [0.29, 0.717) is 12.1 Å². The number of carboxylic acids is 1. The van der Waals surface area contributed by atoms with Crippen molar-refractivity contribution >= 4 is 11.9 Å². The molecule has 1 amide bonds. The maximum atomic E-state index is 12.7. The molecule has 25 heavy (non-hydrogen) atoms. The number of fused-ring (bicyclic) bond motifs is 2. The Morgan fingerprint density at radius 2 is 1.72 bits per heavy atom. The van der Waals surface area contributed by atoms with Crippen molar-refractivity contribution in [3.05, 3.63) is 71.8 Å². The normalized spacial score (nSPS) is 28.2. The lowest BCUT2D eigenvalue weighted by Crippen LogP contribution is -2.53. The van der Waals surface area contributed by atoms with Crippen LogP contribution in [0.15, 0.2) is 60.7 Å². The van der Waals surface area contributed by atoms with Gasteiger partial charge in [0.1, 0.15) is 0 Å². The molecule has 2 aromatic rings. The first kappa shape index (κ1) is 15.8. The highest BCUT2D eigenvalue weighted by Gasteiger charge is 2.60. The molecule has 2 bridgehead atoms. The van der Waals surface area contributed by atoms with Gasteiger partial charge in [0.2, 0.25) is 5.79 Å². The average Bonchev–Trinajstić information content (AvgIpc) is 2.98. The van der Waals surface area contributed by atoms with Gasteiger partial charge in [-0.3, -0.25) is 4.79 Å². The van der Waals surface area contributed by atoms with Crippen LogP contribution in [0, 0.1) is 0 Å². The Kier molecular flexibility index (Phi) is 3.78. The molecule has 0 radical (unpaired) electrons. The summed E-state index contributed by atoms with van der Waals surface area (Å²) in [6, 6.07) is 18.7. The fourth-order valence-electron chi connectivity index (χ4n) is 3.36. The summed E-state index contributed by atoms with van der Waals surface area (Å²) >= 11 is 0. The van der Waals surface area contributed by atoms with Gasteiger partial charge in [-0.1, -0.05) is 60.7 Å². The molecule has 2 saturated heterocycles. The van der Waals surface area contributed by atoms with E-state index in [9.17, 15) is 14.7 Å². The number of hydrogen-bond acceptors (Lipinski definition) is 4. The molecule has 128 valence electrons. The number of amides is 1. The van der Waals surface area contributed by atoms with E-state index in [4.69, 9.17) is 9.47 Å². The molecule has 2 aromatic carbocycles. The summed E-state index contributed by atoms with van der Waals surface area (Å²) in [6.07, 6.45) is -2.45. The van der Waals surface area contributed by atoms with Crippen molar-refractivity contribution in [1.29, 1.82) is 0 Å². The number of carbonyl (C=O) groups is 2. The zero-order valence-corrected chi connectivity index (χ0v) is 13.4. The SMILES string of the molecule is O=C(O)[C@@H]1O[C@@]2(c3ccccc3)CN(Cc3ccccc3)C(=O)[C@@H]1O2. The first-order valence-electron chi connectivity index (χ1n) is 8.06. The van der Waals surface area contributed by atoms with Crippen LogP contribution in [0.2, 0.25) is 0 Å². The van der Waals surface area contributed by atoms with E-state index in [1.54, 1.807) is 4.90 Å². The van der Waals surface area contributed by atoms with Crippen molar-refractivity contribution in [2.75, 3.05) is 6.54 Å². The predicted molar refractivity (Wildman–Crippen MR) is 87.4 cm³/mol. The van der Waals surface area contributed by atoms with Gasteiger partial charge in [0.15, 0.2) is 12.2 Å². The number of nitrogens with zero attached hydrogens (tertiary/aromatic N) is 1. The third-order valence-electron chi connectivity index (χ3n) is 4.54. The van der Waals surface area contributed by atoms with Crippen LogP contribution in [0.4, 0.5) is 0 Å². The Morgan fingerprint density at radius 3 is 2.36 bits per heavy atom. The second kappa shape index (κ2) is 5.98. The van der Waals surface area contributed by atoms with Crippen LogP contribution in [0.3, 0.4) is 0 Å². The standard InChI is InChI=1S/C19H17NO5/c21-17-15-16(18(22)23)25-19(24-15,14-9-5-2-6-10-14)12-20(17)11-13-7-3-1-4-8-13/h1-10,15-16H,11-12H2,(H,22,23)/t15-,16-,19-/m1/s1. The molecule has 2 fully saturated rings. The van der Waals surface area contributed by atoms with Crippen LogP contribution in [0.25, 0.3) is 0 Å². The molecule has 2 heterocycles. The van der Waals surface area contributed by atoms with Gasteiger partial charge >= 0.3 is 5.97 Å². The third kappa shape index (κ3) is 2.69. The van der Waals surface area contributed by atoms with Gasteiger partial charge in [-0.05, 0) is 5.56 Å². The molecule has 0 aliphatic carbocycles. The van der Waals surface area contributed by atoms with E-state index in [1.165, 1.54) is 0 Å². The predicted octanol–water partition coefficient (Wildman–Crippen LogP) is 1.75. The lowest BCUT2D eigenvalue weighted by atomic mass is 10.0. The maximum Gasteiger partial charge on any atom is 0.336 e. The lowest BCUT2D eigenvalue weighted by Gasteiger charge is -2.38. The van der Waals surface area contributed by atoms with Crippen molar-refractivity contribution in [3.63, 3.8) is 0 Å². The molecule has 0 unspecified atom stereocenters. The highest BCUT2D eigenvalue weighted by Crippen LogP contribution is 2.43. The highest BCUT2D eigenvalue weighted by molar-refractivity contribution is 5.89. The van der Waals surface area contributed by atoms with E-state index in [2.05, 4.69) is 0 Å². The van der Waals surface area contributed by atoms with Crippen molar-refractivity contribution in [2.24, 2.45) is 0 Å². The summed E-state index contributed by atoms with van der Waals surface area (Å²) < 4.78 is 11.6. The summed E-state index contributed by atoms with van der Waals surface area (Å²) in [5.74, 6) is -2.81. The van der Waals surface area contributed by atoms with Crippen molar-refractivity contribution in [2.45, 2.75) is 24.5 Å². The van der Waals surface area contributed by atoms with E-state index in [1.807, 2.05) is 60.7 Å². The fourth-order valence-corrected chi connectivity index (χ4v) is 3.36. The molecule has 0 spiro atoms. The minimum atomic E-state index is -1.31. The number of ether oxygens (including phenoxy) is 2. The molecular formula is C19H17NO5. The largest absolute Gasteiger partial charge is 0.479 e. The molecule has 3 atom stereocenters. The summed E-state index contributed by atoms with van der Waals surface area (Å²) in [5, 5.41) is 9.44. The molecular weight excluding hydrogens is 322 g/mol. The van der Waals surface area contributed by atoms with Crippen LogP contribution in [-0.2, 0) is 31.4 Å². The first-order chi connectivity index (χ1) is 12.1. The number of morpholine rings is 1. The zero-order valence-electron chi connectivity index (χ0n) is 13.4. The van der Waals surface area contributed by atoms with E-state index in [-0.39, 0.29) is 12.5 Å². The smallest absolute Gasteiger partial charge is 0.336 e. The summed E-state index contributed by atoms with van der Waals surface area (Å²) in [6.45, 7) is 0.523. The van der Waals surface area contributed by atoms with Crippen molar-refractivity contribution < 1.29 is 24.2 Å². The summed E-state index contributed by atoms with van der Waals surface area (Å²) in [7, 11) is 0. The van der Waals surface area contributed by atoms with Crippen LogP contribution < -0.4 is 0 Å². The number of carbonyl (C=O) groups excluding carboxylic acids is 1. The van der Waals surface area contributed by atoms with Crippen LogP contribution in [0.1, 0.15) is 11.1 Å². The summed E-state index contributed by atoms with van der Waals surface area (Å²) in [4.78, 5) is 25.9. The van der Waals surface area contributed by atoms with E-state index < -0.39 is 24.0 Å². The zero-order chi connectivity index (χ0) is 17.4. The van der Waals surface area contributed by atoms with Gasteiger partial charge in [0.05, 0.1) is 6.54 Å². The Balaban J connectivity index is 1.70. The maximum absolute atomic E-state index is 12.7. The van der Waals surface area contributed by atoms with Gasteiger partial charge < -0.3 is 19.5 Å². The highest BCUT2D eigenvalue weighted by atomic mass is 16.8. The van der Waals surface area contributed by atoms with Gasteiger partial charge in [-0.15, -0.1) is 0 Å². The molecule has 0 aromatic heterocycles. The van der Waals surface area contributed by atoms with Gasteiger partial charge in [0.25, 0.3) is 5.91 Å². The number of benzene rings is 2. The van der Waals surface area contributed by atoms with E-state index in [0.717, 1.165) is 5.56 Å². The monoisotopic (exact) mass is 339 g/mol. The van der Waals surface area contributed by atoms with Gasteiger partial charge in [-0.2, -0.15) is 0 Å². The third-order valence-corrected chi connectivity index (χ3v) is 4.54. The van der Waals surface area contributed by atoms with E-state index >= 15 is 0 Å². The molecule has 1 N–H and O–H groups in total. The number of hydrogen-bond donors (Lipinski definition) is 1. The molecule has 6 nitrogen and oxygen atoms in total. The Morgan fingerprint density at radius 1 is 1.08 bits per heavy atom. The molecule has 6 heteroatoms.